The lowest BCUT2D eigenvalue weighted by molar-refractivity contribution is -0.181. The number of aliphatic hydroxyl groups is 1. The Labute approximate surface area is 109 Å². The van der Waals surface area contributed by atoms with Crippen LogP contribution in [0.3, 0.4) is 0 Å². The molecule has 1 saturated heterocycles. The van der Waals surface area contributed by atoms with Crippen LogP contribution in [0, 0.1) is 5.41 Å². The Balaban J connectivity index is 2.34. The molecule has 0 amide bonds. The van der Waals surface area contributed by atoms with Crippen molar-refractivity contribution in [3.8, 4) is 0 Å². The normalized spacial score (nSPS) is 33.4. The Kier molecular flexibility index (Phi) is 3.43. The lowest BCUT2D eigenvalue weighted by Crippen LogP contribution is -2.54. The Morgan fingerprint density at radius 1 is 1.39 bits per heavy atom. The molecule has 1 N–H and O–H groups in total. The second-order valence-corrected chi connectivity index (χ2v) is 6.08. The first-order valence-corrected chi connectivity index (χ1v) is 6.66. The van der Waals surface area contributed by atoms with Crippen LogP contribution in [0.15, 0.2) is 24.3 Å². The van der Waals surface area contributed by atoms with E-state index in [9.17, 15) is 5.11 Å². The lowest BCUT2D eigenvalue weighted by atomic mass is 9.62. The number of ether oxygens (including phenoxy) is 2. The number of hydrogen-bond acceptors (Lipinski definition) is 3. The summed E-state index contributed by atoms with van der Waals surface area (Å²) in [6.45, 7) is 11.1. The van der Waals surface area contributed by atoms with Gasteiger partial charge in [0.25, 0.3) is 0 Å². The number of allylic oxidation sites excluding steroid dienone is 1. The monoisotopic (exact) mass is 252 g/mol. The van der Waals surface area contributed by atoms with Crippen molar-refractivity contribution in [2.24, 2.45) is 5.41 Å². The van der Waals surface area contributed by atoms with Crippen molar-refractivity contribution in [2.75, 3.05) is 13.2 Å². The van der Waals surface area contributed by atoms with Gasteiger partial charge in [-0.3, -0.25) is 0 Å². The average Bonchev–Trinajstić information content (AvgIpc) is 2.71. The molecule has 0 aromatic heterocycles. The molecule has 1 fully saturated rings. The van der Waals surface area contributed by atoms with Gasteiger partial charge >= 0.3 is 0 Å². The third-order valence-electron chi connectivity index (χ3n) is 4.38. The lowest BCUT2D eigenvalue weighted by Gasteiger charge is -2.50. The minimum atomic E-state index is -0.804. The third kappa shape index (κ3) is 2.04. The molecule has 0 bridgehead atoms. The summed E-state index contributed by atoms with van der Waals surface area (Å²) in [5, 5.41) is 11.0. The van der Waals surface area contributed by atoms with Gasteiger partial charge in [-0.15, -0.1) is 6.58 Å². The van der Waals surface area contributed by atoms with Crippen molar-refractivity contribution in [3.63, 3.8) is 0 Å². The van der Waals surface area contributed by atoms with Crippen LogP contribution >= 0.6 is 0 Å². The topological polar surface area (TPSA) is 38.7 Å². The smallest absolute Gasteiger partial charge is 0.188 e. The van der Waals surface area contributed by atoms with Gasteiger partial charge in [-0.25, -0.2) is 0 Å². The maximum Gasteiger partial charge on any atom is 0.188 e. The molecule has 3 heteroatoms. The van der Waals surface area contributed by atoms with Crippen LogP contribution < -0.4 is 0 Å². The molecule has 1 atom stereocenters. The van der Waals surface area contributed by atoms with Gasteiger partial charge in [0.05, 0.1) is 18.8 Å². The zero-order valence-electron chi connectivity index (χ0n) is 11.7. The number of rotatable bonds is 3. The van der Waals surface area contributed by atoms with Crippen LogP contribution in [0.5, 0.6) is 0 Å². The highest BCUT2D eigenvalue weighted by molar-refractivity contribution is 5.28. The summed E-state index contributed by atoms with van der Waals surface area (Å²) in [6, 6.07) is 0. The predicted molar refractivity (Wildman–Crippen MR) is 71.2 cm³/mol. The second-order valence-electron chi connectivity index (χ2n) is 6.08. The maximum absolute atomic E-state index is 11.0. The van der Waals surface area contributed by atoms with E-state index in [0.717, 1.165) is 12.0 Å². The van der Waals surface area contributed by atoms with Gasteiger partial charge in [-0.1, -0.05) is 19.9 Å². The molecular formula is C15H24O3. The molecular weight excluding hydrogens is 228 g/mol. The molecule has 1 aliphatic carbocycles. The molecule has 18 heavy (non-hydrogen) atoms. The fourth-order valence-electron chi connectivity index (χ4n) is 3.30. The fourth-order valence-corrected chi connectivity index (χ4v) is 3.30. The van der Waals surface area contributed by atoms with Crippen LogP contribution in [0.25, 0.3) is 0 Å². The van der Waals surface area contributed by atoms with E-state index in [1.165, 1.54) is 0 Å². The van der Waals surface area contributed by atoms with Gasteiger partial charge in [0.2, 0.25) is 0 Å². The highest BCUT2D eigenvalue weighted by atomic mass is 16.7. The first kappa shape index (κ1) is 13.8. The molecule has 0 radical (unpaired) electrons. The van der Waals surface area contributed by atoms with Crippen molar-refractivity contribution < 1.29 is 14.6 Å². The first-order valence-electron chi connectivity index (χ1n) is 6.66. The highest BCUT2D eigenvalue weighted by Crippen LogP contribution is 2.51. The zero-order valence-corrected chi connectivity index (χ0v) is 11.7. The molecule has 0 saturated carbocycles. The Morgan fingerprint density at radius 3 is 2.50 bits per heavy atom. The second kappa shape index (κ2) is 4.48. The third-order valence-corrected chi connectivity index (χ3v) is 4.38. The molecule has 1 unspecified atom stereocenters. The van der Waals surface area contributed by atoms with Crippen LogP contribution in [0.2, 0.25) is 0 Å². The molecule has 3 nitrogen and oxygen atoms in total. The van der Waals surface area contributed by atoms with Crippen molar-refractivity contribution in [2.45, 2.75) is 51.4 Å². The van der Waals surface area contributed by atoms with E-state index in [-0.39, 0.29) is 5.41 Å². The van der Waals surface area contributed by atoms with Gasteiger partial charge in [0, 0.05) is 11.8 Å². The van der Waals surface area contributed by atoms with Gasteiger partial charge in [-0.05, 0) is 31.4 Å². The summed E-state index contributed by atoms with van der Waals surface area (Å²) in [5.41, 5.74) is -0.136. The quantitative estimate of drug-likeness (QED) is 0.785. The minimum Gasteiger partial charge on any atom is -0.385 e. The summed E-state index contributed by atoms with van der Waals surface area (Å²) < 4.78 is 11.5. The van der Waals surface area contributed by atoms with Crippen LogP contribution in [-0.4, -0.2) is 29.7 Å². The molecule has 1 heterocycles. The van der Waals surface area contributed by atoms with E-state index < -0.39 is 11.4 Å². The molecule has 0 aromatic rings. The van der Waals surface area contributed by atoms with E-state index >= 15 is 0 Å². The van der Waals surface area contributed by atoms with Crippen LogP contribution in [0.4, 0.5) is 0 Å². The zero-order chi connectivity index (χ0) is 13.4. The summed E-state index contributed by atoms with van der Waals surface area (Å²) in [5.74, 6) is -0.617. The molecule has 2 rings (SSSR count). The largest absolute Gasteiger partial charge is 0.385 e. The van der Waals surface area contributed by atoms with Crippen molar-refractivity contribution >= 4 is 0 Å². The van der Waals surface area contributed by atoms with E-state index in [1.807, 2.05) is 19.1 Å². The average molecular weight is 252 g/mol. The maximum atomic E-state index is 11.0. The highest BCUT2D eigenvalue weighted by Gasteiger charge is 2.54. The summed E-state index contributed by atoms with van der Waals surface area (Å²) >= 11 is 0. The minimum absolute atomic E-state index is 0.279. The number of hydrogen-bond donors (Lipinski definition) is 1. The van der Waals surface area contributed by atoms with E-state index in [4.69, 9.17) is 9.47 Å². The predicted octanol–water partition coefficient (Wildman–Crippen LogP) is 2.80. The molecule has 1 aliphatic heterocycles. The SMILES string of the molecule is C=CCCC1(O)C(C)=CC2(CC1(C)C)OCCO2. The van der Waals surface area contributed by atoms with Gasteiger partial charge < -0.3 is 14.6 Å². The van der Waals surface area contributed by atoms with E-state index in [1.54, 1.807) is 0 Å². The standard InChI is InChI=1S/C15H24O3/c1-5-6-7-15(16)12(2)10-14(11-13(15,3)4)17-8-9-18-14/h5,10,16H,1,6-9,11H2,2-4H3. The first-order chi connectivity index (χ1) is 8.35. The van der Waals surface area contributed by atoms with Crippen LogP contribution in [-0.2, 0) is 9.47 Å². The van der Waals surface area contributed by atoms with E-state index in [2.05, 4.69) is 20.4 Å². The van der Waals surface area contributed by atoms with Gasteiger partial charge in [-0.2, -0.15) is 0 Å². The van der Waals surface area contributed by atoms with Crippen LogP contribution in [0.1, 0.15) is 40.0 Å². The van der Waals surface area contributed by atoms with E-state index in [0.29, 0.717) is 26.1 Å². The van der Waals surface area contributed by atoms with Gasteiger partial charge in [0.1, 0.15) is 0 Å². The Morgan fingerprint density at radius 2 is 2.00 bits per heavy atom. The molecule has 102 valence electrons. The fraction of sp³-hybridized carbons (Fsp3) is 0.733. The summed E-state index contributed by atoms with van der Waals surface area (Å²) in [6.07, 6.45) is 6.01. The Hall–Kier alpha value is -0.640. The van der Waals surface area contributed by atoms with Gasteiger partial charge in [0.15, 0.2) is 5.79 Å². The molecule has 0 aromatic carbocycles. The molecule has 2 aliphatic rings. The van der Waals surface area contributed by atoms with Crippen molar-refractivity contribution in [1.29, 1.82) is 0 Å². The van der Waals surface area contributed by atoms with Crippen molar-refractivity contribution in [1.82, 2.24) is 0 Å². The Bertz CT molecular complexity index is 364. The molecule has 1 spiro atoms. The van der Waals surface area contributed by atoms with Crippen molar-refractivity contribution in [3.05, 3.63) is 24.3 Å². The summed E-state index contributed by atoms with van der Waals surface area (Å²) in [7, 11) is 0. The summed E-state index contributed by atoms with van der Waals surface area (Å²) in [4.78, 5) is 0.